The molecule has 0 spiro atoms. The van der Waals surface area contributed by atoms with E-state index in [1.807, 2.05) is 0 Å². The number of carboxylic acids is 2. The molecular weight excluding hydrogens is 468 g/mol. The summed E-state index contributed by atoms with van der Waals surface area (Å²) in [5, 5.41) is 35.3. The SMILES string of the molecule is CC(O)C(NC(=O)C(N)CS)C(=O)NC(CCC(=O)O)C(=O)NC(Cc1ccccc1)C(=O)O. The molecule has 0 radical (unpaired) electrons. The first kappa shape index (κ1) is 28.9. The summed E-state index contributed by atoms with van der Waals surface area (Å²) >= 11 is 3.89. The van der Waals surface area contributed by atoms with Gasteiger partial charge in [-0.05, 0) is 18.9 Å². The molecule has 8 N–H and O–H groups in total. The highest BCUT2D eigenvalue weighted by atomic mass is 32.1. The normalized spacial score (nSPS) is 15.2. The van der Waals surface area contributed by atoms with Gasteiger partial charge in [-0.25, -0.2) is 4.79 Å². The molecule has 1 aromatic carbocycles. The number of carbonyl (C=O) groups is 5. The van der Waals surface area contributed by atoms with Crippen LogP contribution in [0.4, 0.5) is 0 Å². The topological polar surface area (TPSA) is 208 Å². The lowest BCUT2D eigenvalue weighted by Gasteiger charge is -2.26. The van der Waals surface area contributed by atoms with Gasteiger partial charge in [-0.15, -0.1) is 0 Å². The fraction of sp³-hybridized carbons (Fsp3) is 0.476. The summed E-state index contributed by atoms with van der Waals surface area (Å²) in [5.41, 5.74) is 6.19. The second kappa shape index (κ2) is 14.2. The Labute approximate surface area is 201 Å². The molecule has 12 nitrogen and oxygen atoms in total. The molecule has 3 amide bonds. The van der Waals surface area contributed by atoms with Crippen LogP contribution in [0.1, 0.15) is 25.3 Å². The molecule has 0 heterocycles. The number of carbonyl (C=O) groups excluding carboxylic acids is 3. The van der Waals surface area contributed by atoms with Gasteiger partial charge in [0.25, 0.3) is 0 Å². The predicted molar refractivity (Wildman–Crippen MR) is 124 cm³/mol. The van der Waals surface area contributed by atoms with Gasteiger partial charge in [-0.1, -0.05) is 30.3 Å². The molecule has 34 heavy (non-hydrogen) atoms. The van der Waals surface area contributed by atoms with Gasteiger partial charge in [-0.3, -0.25) is 19.2 Å². The second-order valence-corrected chi connectivity index (χ2v) is 7.96. The van der Waals surface area contributed by atoms with Crippen LogP contribution in [0.15, 0.2) is 30.3 Å². The summed E-state index contributed by atoms with van der Waals surface area (Å²) in [7, 11) is 0. The third-order valence-corrected chi connectivity index (χ3v) is 5.17. The first-order valence-corrected chi connectivity index (χ1v) is 11.0. The van der Waals surface area contributed by atoms with Crippen molar-refractivity contribution in [3.05, 3.63) is 35.9 Å². The predicted octanol–water partition coefficient (Wildman–Crippen LogP) is -1.73. The molecule has 0 aliphatic carbocycles. The van der Waals surface area contributed by atoms with Crippen LogP contribution in [0.3, 0.4) is 0 Å². The van der Waals surface area contributed by atoms with Crippen LogP contribution in [0.25, 0.3) is 0 Å². The Morgan fingerprint density at radius 3 is 2.03 bits per heavy atom. The van der Waals surface area contributed by atoms with E-state index in [1.165, 1.54) is 6.92 Å². The first-order chi connectivity index (χ1) is 16.0. The van der Waals surface area contributed by atoms with Crippen molar-refractivity contribution >= 4 is 42.3 Å². The van der Waals surface area contributed by atoms with Crippen LogP contribution in [0.5, 0.6) is 0 Å². The number of benzene rings is 1. The molecule has 0 saturated carbocycles. The molecule has 1 aromatic rings. The molecule has 0 aliphatic heterocycles. The number of hydrogen-bond acceptors (Lipinski definition) is 8. The minimum atomic E-state index is -1.50. The number of aliphatic hydroxyl groups excluding tert-OH is 1. The van der Waals surface area contributed by atoms with Crippen molar-refractivity contribution in [1.29, 1.82) is 0 Å². The minimum absolute atomic E-state index is 0.0262. The van der Waals surface area contributed by atoms with E-state index < -0.39 is 66.4 Å². The first-order valence-electron chi connectivity index (χ1n) is 10.4. The zero-order chi connectivity index (χ0) is 25.8. The Kier molecular flexibility index (Phi) is 12.0. The van der Waals surface area contributed by atoms with E-state index in [4.69, 9.17) is 10.8 Å². The number of aliphatic hydroxyl groups is 1. The Balaban J connectivity index is 3.00. The maximum atomic E-state index is 12.8. The maximum absolute atomic E-state index is 12.8. The summed E-state index contributed by atoms with van der Waals surface area (Å²) < 4.78 is 0. The molecule has 0 fully saturated rings. The van der Waals surface area contributed by atoms with Crippen LogP contribution in [-0.2, 0) is 30.4 Å². The molecule has 188 valence electrons. The summed E-state index contributed by atoms with van der Waals surface area (Å²) in [6.07, 6.45) is -2.30. The van der Waals surface area contributed by atoms with Gasteiger partial charge in [-0.2, -0.15) is 12.6 Å². The van der Waals surface area contributed by atoms with Gasteiger partial charge >= 0.3 is 11.9 Å². The van der Waals surface area contributed by atoms with E-state index in [-0.39, 0.29) is 18.6 Å². The van der Waals surface area contributed by atoms with Crippen molar-refractivity contribution in [2.24, 2.45) is 5.73 Å². The van der Waals surface area contributed by atoms with Gasteiger partial charge in [0.1, 0.15) is 18.1 Å². The Morgan fingerprint density at radius 2 is 1.53 bits per heavy atom. The second-order valence-electron chi connectivity index (χ2n) is 7.60. The Morgan fingerprint density at radius 1 is 0.941 bits per heavy atom. The van der Waals surface area contributed by atoms with E-state index in [9.17, 15) is 34.2 Å². The highest BCUT2D eigenvalue weighted by molar-refractivity contribution is 7.80. The van der Waals surface area contributed by atoms with Gasteiger partial charge < -0.3 is 37.0 Å². The zero-order valence-corrected chi connectivity index (χ0v) is 19.4. The molecule has 5 unspecified atom stereocenters. The van der Waals surface area contributed by atoms with Crippen LogP contribution >= 0.6 is 12.6 Å². The van der Waals surface area contributed by atoms with Crippen LogP contribution < -0.4 is 21.7 Å². The average molecular weight is 499 g/mol. The number of nitrogens with one attached hydrogen (secondary N) is 3. The van der Waals surface area contributed by atoms with Crippen molar-refractivity contribution in [3.8, 4) is 0 Å². The fourth-order valence-corrected chi connectivity index (χ4v) is 3.03. The van der Waals surface area contributed by atoms with Crippen LogP contribution in [-0.4, -0.2) is 81.0 Å². The lowest BCUT2D eigenvalue weighted by molar-refractivity contribution is -0.143. The minimum Gasteiger partial charge on any atom is -0.481 e. The number of rotatable bonds is 14. The fourth-order valence-electron chi connectivity index (χ4n) is 2.87. The van der Waals surface area contributed by atoms with Crippen molar-refractivity contribution in [2.75, 3.05) is 5.75 Å². The highest BCUT2D eigenvalue weighted by Crippen LogP contribution is 2.06. The monoisotopic (exact) mass is 498 g/mol. The van der Waals surface area contributed by atoms with E-state index in [0.29, 0.717) is 5.56 Å². The van der Waals surface area contributed by atoms with E-state index in [2.05, 4.69) is 28.6 Å². The van der Waals surface area contributed by atoms with Crippen molar-refractivity contribution < 1.29 is 39.3 Å². The number of carboxylic acid groups (broad SMARTS) is 2. The van der Waals surface area contributed by atoms with Gasteiger partial charge in [0.05, 0.1) is 12.1 Å². The molecule has 13 heteroatoms. The number of aliphatic carboxylic acids is 2. The third-order valence-electron chi connectivity index (χ3n) is 4.77. The highest BCUT2D eigenvalue weighted by Gasteiger charge is 2.32. The van der Waals surface area contributed by atoms with Crippen LogP contribution in [0, 0.1) is 0 Å². The quantitative estimate of drug-likeness (QED) is 0.137. The molecule has 5 atom stereocenters. The van der Waals surface area contributed by atoms with E-state index >= 15 is 0 Å². The van der Waals surface area contributed by atoms with E-state index in [0.717, 1.165) is 0 Å². The number of nitrogens with two attached hydrogens (primary N) is 1. The zero-order valence-electron chi connectivity index (χ0n) is 18.5. The number of amides is 3. The molecule has 0 saturated heterocycles. The molecule has 0 aliphatic rings. The average Bonchev–Trinajstić information content (AvgIpc) is 2.78. The maximum Gasteiger partial charge on any atom is 0.326 e. The standard InChI is InChI=1S/C21H30N4O8S/c1-11(26)17(25-18(29)13(22)10-34)20(31)23-14(7-8-16(27)28)19(30)24-15(21(32)33)9-12-5-3-2-4-6-12/h2-6,11,13-15,17,26,34H,7-10,22H2,1H3,(H,23,31)(H,24,30)(H,25,29)(H,27,28)(H,32,33). The smallest absolute Gasteiger partial charge is 0.326 e. The Hall–Kier alpha value is -3.16. The molecular formula is C21H30N4O8S. The van der Waals surface area contributed by atoms with Crippen molar-refractivity contribution in [2.45, 2.75) is 56.5 Å². The molecule has 0 bridgehead atoms. The van der Waals surface area contributed by atoms with E-state index in [1.54, 1.807) is 30.3 Å². The molecule has 1 rings (SSSR count). The lowest BCUT2D eigenvalue weighted by atomic mass is 10.0. The van der Waals surface area contributed by atoms with Crippen molar-refractivity contribution in [1.82, 2.24) is 16.0 Å². The number of thiol groups is 1. The summed E-state index contributed by atoms with van der Waals surface area (Å²) in [5.74, 6) is -5.27. The number of hydrogen-bond donors (Lipinski definition) is 8. The summed E-state index contributed by atoms with van der Waals surface area (Å²) in [6, 6.07) is 3.16. The summed E-state index contributed by atoms with van der Waals surface area (Å²) in [4.78, 5) is 60.2. The van der Waals surface area contributed by atoms with Crippen LogP contribution in [0.2, 0.25) is 0 Å². The lowest BCUT2D eigenvalue weighted by Crippen LogP contribution is -2.60. The third kappa shape index (κ3) is 9.77. The Bertz CT molecular complexity index is 868. The van der Waals surface area contributed by atoms with Crippen molar-refractivity contribution in [3.63, 3.8) is 0 Å². The summed E-state index contributed by atoms with van der Waals surface area (Å²) in [6.45, 7) is 1.23. The van der Waals surface area contributed by atoms with Gasteiger partial charge in [0.15, 0.2) is 0 Å². The molecule has 0 aromatic heterocycles. The van der Waals surface area contributed by atoms with Gasteiger partial charge in [0.2, 0.25) is 17.7 Å². The van der Waals surface area contributed by atoms with Gasteiger partial charge in [0, 0.05) is 18.6 Å². The largest absolute Gasteiger partial charge is 0.481 e.